The highest BCUT2D eigenvalue weighted by atomic mass is 19.4. The van der Waals surface area contributed by atoms with Crippen molar-refractivity contribution in [3.8, 4) is 5.75 Å². The highest BCUT2D eigenvalue weighted by Crippen LogP contribution is 2.29. The molecule has 0 amide bonds. The number of nitrogens with zero attached hydrogens (tertiary/aromatic N) is 2. The molecule has 0 aliphatic rings. The Balaban J connectivity index is 1.74. The van der Waals surface area contributed by atoms with Crippen LogP contribution in [0, 0.1) is 0 Å². The maximum absolute atomic E-state index is 12.6. The number of hydrogen-bond donors (Lipinski definition) is 1. The van der Waals surface area contributed by atoms with Gasteiger partial charge in [-0.25, -0.2) is 0 Å². The molecule has 1 atom stereocenters. The highest BCUT2D eigenvalue weighted by Gasteiger charge is 2.29. The molecule has 0 saturated carbocycles. The molecule has 1 unspecified atom stereocenters. The van der Waals surface area contributed by atoms with Gasteiger partial charge in [-0.3, -0.25) is 0 Å². The Morgan fingerprint density at radius 2 is 1.43 bits per heavy atom. The topological polar surface area (TPSA) is 45.0 Å². The van der Waals surface area contributed by atoms with E-state index in [-0.39, 0.29) is 18.3 Å². The molecule has 0 aliphatic heterocycles. The van der Waals surface area contributed by atoms with Gasteiger partial charge in [0.05, 0.1) is 18.2 Å². The van der Waals surface area contributed by atoms with Crippen molar-refractivity contribution in [2.24, 2.45) is 10.2 Å². The van der Waals surface area contributed by atoms with Crippen molar-refractivity contribution in [2.75, 3.05) is 0 Å². The van der Waals surface area contributed by atoms with Crippen LogP contribution < -0.4 is 0 Å². The van der Waals surface area contributed by atoms with E-state index in [1.165, 1.54) is 12.1 Å². The van der Waals surface area contributed by atoms with Crippen molar-refractivity contribution in [1.82, 2.24) is 0 Å². The summed E-state index contributed by atoms with van der Waals surface area (Å²) in [6.07, 6.45) is -3.72. The van der Waals surface area contributed by atoms with Gasteiger partial charge in [0, 0.05) is 6.42 Å². The molecular formula is C22H19F3N2O. The summed E-state index contributed by atoms with van der Waals surface area (Å²) in [7, 11) is 0. The standard InChI is InChI=1S/C22H19F3N2O/c23-22(24,25)19-10-6-17(7-11-19)15-26-27-21(14-16-4-2-1-3-5-16)18-8-12-20(28)13-9-18/h1-13,21,28H,14-15H2. The van der Waals surface area contributed by atoms with E-state index >= 15 is 0 Å². The molecule has 3 aromatic carbocycles. The summed E-state index contributed by atoms with van der Waals surface area (Å²) in [5.41, 5.74) is 1.96. The fourth-order valence-corrected chi connectivity index (χ4v) is 2.78. The first kappa shape index (κ1) is 19.6. The third kappa shape index (κ3) is 5.42. The van der Waals surface area contributed by atoms with Crippen LogP contribution in [-0.2, 0) is 19.1 Å². The van der Waals surface area contributed by atoms with Crippen molar-refractivity contribution >= 4 is 0 Å². The number of benzene rings is 3. The fourth-order valence-electron chi connectivity index (χ4n) is 2.78. The smallest absolute Gasteiger partial charge is 0.416 e. The zero-order valence-electron chi connectivity index (χ0n) is 15.0. The van der Waals surface area contributed by atoms with E-state index in [0.29, 0.717) is 12.0 Å². The molecule has 6 heteroatoms. The molecule has 3 rings (SSSR count). The van der Waals surface area contributed by atoms with Crippen molar-refractivity contribution in [1.29, 1.82) is 0 Å². The largest absolute Gasteiger partial charge is 0.508 e. The lowest BCUT2D eigenvalue weighted by atomic mass is 9.99. The monoisotopic (exact) mass is 384 g/mol. The number of hydrogen-bond acceptors (Lipinski definition) is 3. The zero-order valence-corrected chi connectivity index (χ0v) is 15.0. The minimum absolute atomic E-state index is 0.170. The van der Waals surface area contributed by atoms with Crippen LogP contribution in [0.3, 0.4) is 0 Å². The minimum atomic E-state index is -4.35. The SMILES string of the molecule is Oc1ccc(C(Cc2ccccc2)N=NCc2ccc(C(F)(F)F)cc2)cc1. The second-order valence-corrected chi connectivity index (χ2v) is 6.41. The van der Waals surface area contributed by atoms with Crippen molar-refractivity contribution in [3.05, 3.63) is 101 Å². The number of alkyl halides is 3. The second kappa shape index (κ2) is 8.69. The molecule has 0 spiro atoms. The number of phenolic OH excluding ortho intramolecular Hbond substituents is 1. The number of aromatic hydroxyl groups is 1. The molecule has 0 fully saturated rings. The van der Waals surface area contributed by atoms with E-state index in [1.807, 2.05) is 30.3 Å². The van der Waals surface area contributed by atoms with Crippen LogP contribution in [0.25, 0.3) is 0 Å². The molecular weight excluding hydrogens is 365 g/mol. The minimum Gasteiger partial charge on any atom is -0.508 e. The molecule has 3 nitrogen and oxygen atoms in total. The number of azo groups is 1. The van der Waals surface area contributed by atoms with Gasteiger partial charge >= 0.3 is 6.18 Å². The summed E-state index contributed by atoms with van der Waals surface area (Å²) < 4.78 is 37.9. The van der Waals surface area contributed by atoms with Crippen LogP contribution in [-0.4, -0.2) is 5.11 Å². The molecule has 0 saturated heterocycles. The predicted molar refractivity (Wildman–Crippen MR) is 101 cm³/mol. The summed E-state index contributed by atoms with van der Waals surface area (Å²) >= 11 is 0. The lowest BCUT2D eigenvalue weighted by Gasteiger charge is -2.12. The lowest BCUT2D eigenvalue weighted by Crippen LogP contribution is -2.04. The van der Waals surface area contributed by atoms with Crippen LogP contribution in [0.5, 0.6) is 5.75 Å². The maximum Gasteiger partial charge on any atom is 0.416 e. The average molecular weight is 384 g/mol. The van der Waals surface area contributed by atoms with Gasteiger partial charge in [0.15, 0.2) is 0 Å². The molecule has 0 bridgehead atoms. The van der Waals surface area contributed by atoms with E-state index in [0.717, 1.165) is 23.3 Å². The van der Waals surface area contributed by atoms with Gasteiger partial charge in [-0.1, -0.05) is 54.6 Å². The summed E-state index contributed by atoms with van der Waals surface area (Å²) in [5, 5.41) is 18.1. The van der Waals surface area contributed by atoms with Gasteiger partial charge in [0.1, 0.15) is 5.75 Å². The van der Waals surface area contributed by atoms with Gasteiger partial charge in [-0.05, 0) is 41.0 Å². The fraction of sp³-hybridized carbons (Fsp3) is 0.182. The molecule has 0 heterocycles. The van der Waals surface area contributed by atoms with E-state index in [9.17, 15) is 18.3 Å². The van der Waals surface area contributed by atoms with Crippen molar-refractivity contribution in [3.63, 3.8) is 0 Å². The Morgan fingerprint density at radius 3 is 2.04 bits per heavy atom. The molecule has 0 aromatic heterocycles. The van der Waals surface area contributed by atoms with E-state index in [2.05, 4.69) is 10.2 Å². The predicted octanol–water partition coefficient (Wildman–Crippen LogP) is 6.35. The normalized spacial score (nSPS) is 13.0. The molecule has 0 radical (unpaired) electrons. The summed E-state index contributed by atoms with van der Waals surface area (Å²) in [6.45, 7) is 0.196. The first-order valence-electron chi connectivity index (χ1n) is 8.77. The number of phenols is 1. The first-order chi connectivity index (χ1) is 13.4. The lowest BCUT2D eigenvalue weighted by molar-refractivity contribution is -0.137. The van der Waals surface area contributed by atoms with Gasteiger partial charge in [0.2, 0.25) is 0 Å². The van der Waals surface area contributed by atoms with Crippen LogP contribution in [0.1, 0.15) is 28.3 Å². The quantitative estimate of drug-likeness (QED) is 0.495. The van der Waals surface area contributed by atoms with Gasteiger partial charge in [-0.15, -0.1) is 0 Å². The zero-order chi connectivity index (χ0) is 20.0. The van der Waals surface area contributed by atoms with Crippen LogP contribution in [0.15, 0.2) is 89.1 Å². The summed E-state index contributed by atoms with van der Waals surface area (Å²) in [6, 6.07) is 21.3. The summed E-state index contributed by atoms with van der Waals surface area (Å²) in [4.78, 5) is 0. The number of halogens is 3. The second-order valence-electron chi connectivity index (χ2n) is 6.41. The molecule has 28 heavy (non-hydrogen) atoms. The third-order valence-electron chi connectivity index (χ3n) is 4.31. The van der Waals surface area contributed by atoms with E-state index in [4.69, 9.17) is 0 Å². The molecule has 1 N–H and O–H groups in total. The van der Waals surface area contributed by atoms with Crippen LogP contribution in [0.2, 0.25) is 0 Å². The maximum atomic E-state index is 12.6. The summed E-state index contributed by atoms with van der Waals surface area (Å²) in [5.74, 6) is 0.170. The molecule has 3 aromatic rings. The van der Waals surface area contributed by atoms with Crippen LogP contribution >= 0.6 is 0 Å². The molecule has 144 valence electrons. The Bertz CT molecular complexity index is 905. The average Bonchev–Trinajstić information content (AvgIpc) is 2.68. The molecule has 0 aliphatic carbocycles. The van der Waals surface area contributed by atoms with Gasteiger partial charge < -0.3 is 5.11 Å². The third-order valence-corrected chi connectivity index (χ3v) is 4.31. The Labute approximate surface area is 161 Å². The van der Waals surface area contributed by atoms with Crippen LogP contribution in [0.4, 0.5) is 13.2 Å². The Hall–Kier alpha value is -3.15. The van der Waals surface area contributed by atoms with Crippen molar-refractivity contribution < 1.29 is 18.3 Å². The van der Waals surface area contributed by atoms with Crippen molar-refractivity contribution in [2.45, 2.75) is 25.2 Å². The van der Waals surface area contributed by atoms with Gasteiger partial charge in [-0.2, -0.15) is 23.4 Å². The highest BCUT2D eigenvalue weighted by molar-refractivity contribution is 5.30. The first-order valence-corrected chi connectivity index (χ1v) is 8.77. The Morgan fingerprint density at radius 1 is 0.786 bits per heavy atom. The Kier molecular flexibility index (Phi) is 6.09. The van der Waals surface area contributed by atoms with Gasteiger partial charge in [0.25, 0.3) is 0 Å². The van der Waals surface area contributed by atoms with E-state index < -0.39 is 11.7 Å². The van der Waals surface area contributed by atoms with E-state index in [1.54, 1.807) is 24.3 Å². The number of rotatable bonds is 6.